The SMILES string of the molecule is CCc1c(OOC(C)=O)nn(-c2ccccc2)c1-c1cccc(Cl)c1. The fourth-order valence-corrected chi connectivity index (χ4v) is 2.79. The van der Waals surface area contributed by atoms with Gasteiger partial charge in [-0.15, -0.1) is 5.10 Å². The molecule has 0 aliphatic rings. The largest absolute Gasteiger partial charge is 0.352 e. The van der Waals surface area contributed by atoms with Gasteiger partial charge < -0.3 is 0 Å². The summed E-state index contributed by atoms with van der Waals surface area (Å²) in [5, 5.41) is 5.13. The van der Waals surface area contributed by atoms with Crippen molar-refractivity contribution in [2.75, 3.05) is 0 Å². The van der Waals surface area contributed by atoms with Crippen LogP contribution in [0.2, 0.25) is 5.02 Å². The zero-order chi connectivity index (χ0) is 17.8. The van der Waals surface area contributed by atoms with Gasteiger partial charge in [-0.2, -0.15) is 0 Å². The minimum atomic E-state index is -0.541. The van der Waals surface area contributed by atoms with E-state index in [4.69, 9.17) is 21.4 Å². The molecule has 0 saturated heterocycles. The van der Waals surface area contributed by atoms with Gasteiger partial charge in [0.25, 0.3) is 5.88 Å². The zero-order valence-electron chi connectivity index (χ0n) is 13.9. The highest BCUT2D eigenvalue weighted by molar-refractivity contribution is 6.30. The van der Waals surface area contributed by atoms with E-state index < -0.39 is 5.97 Å². The van der Waals surface area contributed by atoms with Crippen LogP contribution < -0.4 is 4.89 Å². The molecule has 0 unspecified atom stereocenters. The van der Waals surface area contributed by atoms with Crippen LogP contribution in [0.1, 0.15) is 19.4 Å². The van der Waals surface area contributed by atoms with Crippen molar-refractivity contribution in [3.05, 3.63) is 65.2 Å². The van der Waals surface area contributed by atoms with Gasteiger partial charge in [0.05, 0.1) is 11.4 Å². The molecule has 128 valence electrons. The molecule has 0 aliphatic heterocycles. The van der Waals surface area contributed by atoms with E-state index in [2.05, 4.69) is 5.10 Å². The van der Waals surface area contributed by atoms with Gasteiger partial charge in [-0.05, 0) is 30.7 Å². The molecule has 0 aliphatic carbocycles. The van der Waals surface area contributed by atoms with E-state index in [-0.39, 0.29) is 5.88 Å². The summed E-state index contributed by atoms with van der Waals surface area (Å²) in [6.07, 6.45) is 0.644. The van der Waals surface area contributed by atoms with E-state index in [0.29, 0.717) is 11.4 Å². The lowest BCUT2D eigenvalue weighted by molar-refractivity contribution is -0.212. The summed E-state index contributed by atoms with van der Waals surface area (Å²) in [6.45, 7) is 3.26. The molecule has 0 N–H and O–H groups in total. The van der Waals surface area contributed by atoms with Crippen molar-refractivity contribution in [3.63, 3.8) is 0 Å². The van der Waals surface area contributed by atoms with Crippen LogP contribution in [0.25, 0.3) is 16.9 Å². The van der Waals surface area contributed by atoms with Crippen LogP contribution in [0.4, 0.5) is 0 Å². The smallest absolute Gasteiger partial charge is 0.264 e. The number of aromatic nitrogens is 2. The minimum absolute atomic E-state index is 0.261. The Balaban J connectivity index is 2.20. The molecule has 0 saturated carbocycles. The van der Waals surface area contributed by atoms with Crippen LogP contribution in [-0.4, -0.2) is 15.7 Å². The first-order valence-electron chi connectivity index (χ1n) is 7.88. The maximum Gasteiger partial charge on any atom is 0.352 e. The van der Waals surface area contributed by atoms with E-state index in [0.717, 1.165) is 22.5 Å². The average Bonchev–Trinajstić information content (AvgIpc) is 2.99. The predicted octanol–water partition coefficient (Wildman–Crippen LogP) is 4.61. The highest BCUT2D eigenvalue weighted by atomic mass is 35.5. The van der Waals surface area contributed by atoms with Crippen molar-refractivity contribution in [1.29, 1.82) is 0 Å². The number of hydrogen-bond acceptors (Lipinski definition) is 4. The van der Waals surface area contributed by atoms with Crippen LogP contribution in [-0.2, 0) is 16.1 Å². The van der Waals surface area contributed by atoms with Gasteiger partial charge in [0.1, 0.15) is 0 Å². The standard InChI is InChI=1S/C19H17ClN2O3/c1-3-17-18(14-8-7-9-15(20)12-14)22(16-10-5-4-6-11-16)21-19(17)25-24-13(2)23/h4-12H,3H2,1-2H3. The lowest BCUT2D eigenvalue weighted by Gasteiger charge is -2.09. The number of carbonyl (C=O) groups is 1. The number of hydrogen-bond donors (Lipinski definition) is 0. The molecule has 0 bridgehead atoms. The third kappa shape index (κ3) is 3.67. The number of nitrogens with zero attached hydrogens (tertiary/aromatic N) is 2. The van der Waals surface area contributed by atoms with Crippen LogP contribution in [0, 0.1) is 0 Å². The van der Waals surface area contributed by atoms with E-state index in [1.54, 1.807) is 4.68 Å². The van der Waals surface area contributed by atoms with Crippen molar-refractivity contribution in [3.8, 4) is 22.8 Å². The summed E-state index contributed by atoms with van der Waals surface area (Å²) < 4.78 is 1.77. The molecule has 2 aromatic carbocycles. The third-order valence-corrected chi connectivity index (χ3v) is 3.87. The Hall–Kier alpha value is -2.79. The number of benzene rings is 2. The lowest BCUT2D eigenvalue weighted by Crippen LogP contribution is -2.04. The maximum absolute atomic E-state index is 11.1. The molecule has 0 radical (unpaired) electrons. The highest BCUT2D eigenvalue weighted by Gasteiger charge is 2.22. The van der Waals surface area contributed by atoms with Crippen molar-refractivity contribution in [2.24, 2.45) is 0 Å². The normalized spacial score (nSPS) is 10.5. The van der Waals surface area contributed by atoms with Crippen LogP contribution >= 0.6 is 11.6 Å². The van der Waals surface area contributed by atoms with E-state index in [1.807, 2.05) is 61.5 Å². The fourth-order valence-electron chi connectivity index (χ4n) is 2.60. The van der Waals surface area contributed by atoms with Crippen LogP contribution in [0.3, 0.4) is 0 Å². The highest BCUT2D eigenvalue weighted by Crippen LogP contribution is 2.34. The van der Waals surface area contributed by atoms with Crippen molar-refractivity contribution < 1.29 is 14.6 Å². The van der Waals surface area contributed by atoms with Gasteiger partial charge in [-0.25, -0.2) is 14.4 Å². The Bertz CT molecular complexity index is 891. The topological polar surface area (TPSA) is 53.4 Å². The van der Waals surface area contributed by atoms with Crippen LogP contribution in [0.5, 0.6) is 5.88 Å². The van der Waals surface area contributed by atoms with Crippen molar-refractivity contribution >= 4 is 17.6 Å². The molecule has 3 rings (SSSR count). The summed E-state index contributed by atoms with van der Waals surface area (Å²) in [6, 6.07) is 17.2. The van der Waals surface area contributed by atoms with Gasteiger partial charge in [0.2, 0.25) is 0 Å². The van der Waals surface area contributed by atoms with Gasteiger partial charge in [0, 0.05) is 23.1 Å². The minimum Gasteiger partial charge on any atom is -0.264 e. The molecule has 5 nitrogen and oxygen atoms in total. The van der Waals surface area contributed by atoms with E-state index >= 15 is 0 Å². The summed E-state index contributed by atoms with van der Waals surface area (Å²) in [7, 11) is 0. The molecule has 1 heterocycles. The number of rotatable bonds is 5. The molecule has 0 fully saturated rings. The monoisotopic (exact) mass is 356 g/mol. The molecule has 25 heavy (non-hydrogen) atoms. The molecule has 6 heteroatoms. The molecular weight excluding hydrogens is 340 g/mol. The maximum atomic E-state index is 11.1. The summed E-state index contributed by atoms with van der Waals surface area (Å²) >= 11 is 6.17. The Kier molecular flexibility index (Phi) is 5.05. The van der Waals surface area contributed by atoms with Crippen molar-refractivity contribution in [2.45, 2.75) is 20.3 Å². The Morgan fingerprint density at radius 2 is 1.92 bits per heavy atom. The first-order valence-corrected chi connectivity index (χ1v) is 8.26. The molecule has 0 atom stereocenters. The summed E-state index contributed by atoms with van der Waals surface area (Å²) in [5.41, 5.74) is 3.44. The summed E-state index contributed by atoms with van der Waals surface area (Å²) in [4.78, 5) is 21.0. The Morgan fingerprint density at radius 3 is 2.56 bits per heavy atom. The van der Waals surface area contributed by atoms with Crippen molar-refractivity contribution in [1.82, 2.24) is 9.78 Å². The fraction of sp³-hybridized carbons (Fsp3) is 0.158. The Labute approximate surface area is 150 Å². The van der Waals surface area contributed by atoms with Gasteiger partial charge in [-0.1, -0.05) is 48.9 Å². The second kappa shape index (κ2) is 7.40. The molecule has 0 spiro atoms. The second-order valence-electron chi connectivity index (χ2n) is 5.40. The molecule has 0 amide bonds. The van der Waals surface area contributed by atoms with E-state index in [1.165, 1.54) is 6.92 Å². The van der Waals surface area contributed by atoms with Crippen LogP contribution in [0.15, 0.2) is 54.6 Å². The quantitative estimate of drug-likeness (QED) is 0.494. The van der Waals surface area contributed by atoms with E-state index in [9.17, 15) is 4.79 Å². The number of carbonyl (C=O) groups excluding carboxylic acids is 1. The first-order chi connectivity index (χ1) is 12.1. The average molecular weight is 357 g/mol. The molecular formula is C19H17ClN2O3. The van der Waals surface area contributed by atoms with Gasteiger partial charge in [0.15, 0.2) is 0 Å². The number of para-hydroxylation sites is 1. The molecule has 1 aromatic heterocycles. The van der Waals surface area contributed by atoms with Gasteiger partial charge >= 0.3 is 5.97 Å². The predicted molar refractivity (Wildman–Crippen MR) is 95.8 cm³/mol. The first kappa shape index (κ1) is 17.0. The van der Waals surface area contributed by atoms with Gasteiger partial charge in [-0.3, -0.25) is 4.89 Å². The Morgan fingerprint density at radius 1 is 1.16 bits per heavy atom. The lowest BCUT2D eigenvalue weighted by atomic mass is 10.1. The zero-order valence-corrected chi connectivity index (χ0v) is 14.7. The second-order valence-corrected chi connectivity index (χ2v) is 5.84. The number of halogens is 1. The summed E-state index contributed by atoms with van der Waals surface area (Å²) in [5.74, 6) is -0.280. The molecule has 3 aromatic rings. The third-order valence-electron chi connectivity index (χ3n) is 3.64.